The van der Waals surface area contributed by atoms with Crippen molar-refractivity contribution in [2.24, 2.45) is 0 Å². The lowest BCUT2D eigenvalue weighted by Gasteiger charge is -2.10. The highest BCUT2D eigenvalue weighted by atomic mass is 16.5. The largest absolute Gasteiger partial charge is 0.457 e. The molecule has 0 heterocycles. The Morgan fingerprint density at radius 1 is 0.846 bits per heavy atom. The highest BCUT2D eigenvalue weighted by Crippen LogP contribution is 2.24. The van der Waals surface area contributed by atoms with Crippen molar-refractivity contribution in [3.05, 3.63) is 102 Å². The third-order valence-corrected chi connectivity index (χ3v) is 3.62. The first-order valence-electron chi connectivity index (χ1n) is 9.14. The lowest BCUT2D eigenvalue weighted by Crippen LogP contribution is -1.96. The molecule has 0 radical (unpaired) electrons. The van der Waals surface area contributed by atoms with E-state index in [2.05, 4.69) is 49.9 Å². The van der Waals surface area contributed by atoms with Crippen LogP contribution in [0, 0.1) is 6.92 Å². The van der Waals surface area contributed by atoms with Gasteiger partial charge in [-0.2, -0.15) is 0 Å². The molecule has 0 saturated carbocycles. The van der Waals surface area contributed by atoms with Crippen LogP contribution in [0.2, 0.25) is 0 Å². The van der Waals surface area contributed by atoms with Gasteiger partial charge in [-0.25, -0.2) is 0 Å². The molecule has 0 atom stereocenters. The maximum absolute atomic E-state index is 5.89. The normalized spacial score (nSPS) is 11.3. The molecule has 0 aliphatic rings. The maximum atomic E-state index is 5.89. The summed E-state index contributed by atoms with van der Waals surface area (Å²) in [5, 5.41) is 0. The summed E-state index contributed by atoms with van der Waals surface area (Å²) in [6.45, 7) is 14.1. The predicted octanol–water partition coefficient (Wildman–Crippen LogP) is 7.66. The second-order valence-electron chi connectivity index (χ2n) is 5.56. The summed E-state index contributed by atoms with van der Waals surface area (Å²) in [5.41, 5.74) is 4.59. The zero-order chi connectivity index (χ0) is 19.4. The van der Waals surface area contributed by atoms with Crippen molar-refractivity contribution in [1.82, 2.24) is 0 Å². The summed E-state index contributed by atoms with van der Waals surface area (Å²) in [4.78, 5) is 0. The van der Waals surface area contributed by atoms with Crippen LogP contribution in [0.5, 0.6) is 5.75 Å². The fourth-order valence-electron chi connectivity index (χ4n) is 2.28. The standard InChI is InChI=1S/C23H24O.C2H6/c1-5-7-9-20(8-6-2)19(4)24-23-16-14-22(15-17-23)21-12-10-18(3)11-13-21;1-2/h5-17H,4H2,1-3H3;1-2H3/b7-5+,8-6-,20-9+;. The van der Waals surface area contributed by atoms with Crippen molar-refractivity contribution in [2.45, 2.75) is 34.6 Å². The molecular weight excluding hydrogens is 316 g/mol. The monoisotopic (exact) mass is 346 g/mol. The Bertz CT molecular complexity index is 757. The minimum atomic E-state index is 0.634. The van der Waals surface area contributed by atoms with Crippen LogP contribution in [0.4, 0.5) is 0 Å². The average molecular weight is 347 g/mol. The van der Waals surface area contributed by atoms with Gasteiger partial charge in [-0.15, -0.1) is 0 Å². The Hall–Kier alpha value is -2.80. The van der Waals surface area contributed by atoms with Crippen molar-refractivity contribution in [2.75, 3.05) is 0 Å². The van der Waals surface area contributed by atoms with Crippen molar-refractivity contribution >= 4 is 0 Å². The maximum Gasteiger partial charge on any atom is 0.127 e. The van der Waals surface area contributed by atoms with Crippen molar-refractivity contribution in [3.8, 4) is 16.9 Å². The number of benzene rings is 2. The first-order valence-corrected chi connectivity index (χ1v) is 9.14. The van der Waals surface area contributed by atoms with E-state index >= 15 is 0 Å². The van der Waals surface area contributed by atoms with E-state index in [-0.39, 0.29) is 0 Å². The second kappa shape index (κ2) is 11.7. The molecule has 0 saturated heterocycles. The van der Waals surface area contributed by atoms with Gasteiger partial charge in [0.05, 0.1) is 0 Å². The fraction of sp³-hybridized carbons (Fsp3) is 0.200. The van der Waals surface area contributed by atoms with Gasteiger partial charge in [0, 0.05) is 5.57 Å². The van der Waals surface area contributed by atoms with Crippen LogP contribution in [0.3, 0.4) is 0 Å². The molecule has 0 aliphatic carbocycles. The van der Waals surface area contributed by atoms with Crippen LogP contribution in [-0.4, -0.2) is 0 Å². The SMILES string of the molecule is C=C(Oc1ccc(-c2ccc(C)cc2)cc1)C(/C=C\C)=C/C=C/C.CC. The zero-order valence-electron chi connectivity index (χ0n) is 16.6. The molecule has 0 aromatic heterocycles. The van der Waals surface area contributed by atoms with Crippen molar-refractivity contribution in [1.29, 1.82) is 0 Å². The molecule has 0 spiro atoms. The minimum absolute atomic E-state index is 0.634. The molecule has 0 amide bonds. The van der Waals surface area contributed by atoms with Crippen LogP contribution in [0.15, 0.2) is 96.8 Å². The van der Waals surface area contributed by atoms with Gasteiger partial charge in [0.2, 0.25) is 0 Å². The van der Waals surface area contributed by atoms with Crippen molar-refractivity contribution < 1.29 is 4.74 Å². The van der Waals surface area contributed by atoms with E-state index in [0.717, 1.165) is 11.3 Å². The highest BCUT2D eigenvalue weighted by Gasteiger charge is 2.03. The van der Waals surface area contributed by atoms with Crippen LogP contribution < -0.4 is 4.74 Å². The van der Waals surface area contributed by atoms with E-state index in [4.69, 9.17) is 4.74 Å². The Balaban J connectivity index is 0.00000163. The van der Waals surface area contributed by atoms with E-state index in [1.807, 2.05) is 70.2 Å². The van der Waals surface area contributed by atoms with Gasteiger partial charge in [0.15, 0.2) is 0 Å². The molecule has 136 valence electrons. The Morgan fingerprint density at radius 2 is 1.38 bits per heavy atom. The van der Waals surface area contributed by atoms with Crippen LogP contribution >= 0.6 is 0 Å². The quantitative estimate of drug-likeness (QED) is 0.385. The van der Waals surface area contributed by atoms with Crippen LogP contribution in [-0.2, 0) is 0 Å². The van der Waals surface area contributed by atoms with Gasteiger partial charge < -0.3 is 4.74 Å². The molecule has 0 aliphatic heterocycles. The summed E-state index contributed by atoms with van der Waals surface area (Å²) in [6.07, 6.45) is 9.91. The zero-order valence-corrected chi connectivity index (χ0v) is 16.6. The van der Waals surface area contributed by atoms with E-state index in [9.17, 15) is 0 Å². The van der Waals surface area contributed by atoms with Gasteiger partial charge in [0.25, 0.3) is 0 Å². The molecular formula is C25H30O. The molecule has 2 aromatic rings. The predicted molar refractivity (Wildman–Crippen MR) is 115 cm³/mol. The highest BCUT2D eigenvalue weighted by molar-refractivity contribution is 5.64. The number of ether oxygens (including phenoxy) is 1. The third kappa shape index (κ3) is 6.60. The second-order valence-corrected chi connectivity index (χ2v) is 5.56. The molecule has 0 bridgehead atoms. The van der Waals surface area contributed by atoms with Crippen LogP contribution in [0.1, 0.15) is 33.3 Å². The Labute approximate surface area is 159 Å². The van der Waals surface area contributed by atoms with E-state index in [1.54, 1.807) is 0 Å². The summed E-state index contributed by atoms with van der Waals surface area (Å²) in [6, 6.07) is 16.6. The Kier molecular flexibility index (Phi) is 9.56. The Morgan fingerprint density at radius 3 is 1.88 bits per heavy atom. The van der Waals surface area contributed by atoms with E-state index < -0.39 is 0 Å². The van der Waals surface area contributed by atoms with Gasteiger partial charge in [0.1, 0.15) is 11.5 Å². The number of hydrogen-bond acceptors (Lipinski definition) is 1. The smallest absolute Gasteiger partial charge is 0.127 e. The number of hydrogen-bond donors (Lipinski definition) is 0. The molecule has 0 fully saturated rings. The topological polar surface area (TPSA) is 9.23 Å². The van der Waals surface area contributed by atoms with Gasteiger partial charge in [-0.1, -0.05) is 92.8 Å². The van der Waals surface area contributed by atoms with Gasteiger partial charge in [-0.05, 0) is 44.0 Å². The molecule has 0 N–H and O–H groups in total. The number of aryl methyl sites for hydroxylation is 1. The lowest BCUT2D eigenvalue weighted by atomic mass is 10.0. The summed E-state index contributed by atoms with van der Waals surface area (Å²) in [7, 11) is 0. The van der Waals surface area contributed by atoms with Gasteiger partial charge in [-0.3, -0.25) is 0 Å². The fourth-order valence-corrected chi connectivity index (χ4v) is 2.28. The summed E-state index contributed by atoms with van der Waals surface area (Å²) in [5.74, 6) is 1.42. The molecule has 2 aromatic carbocycles. The summed E-state index contributed by atoms with van der Waals surface area (Å²) >= 11 is 0. The summed E-state index contributed by atoms with van der Waals surface area (Å²) < 4.78 is 5.89. The minimum Gasteiger partial charge on any atom is -0.457 e. The van der Waals surface area contributed by atoms with E-state index in [1.165, 1.54) is 16.7 Å². The number of allylic oxidation sites excluding steroid dienone is 5. The third-order valence-electron chi connectivity index (χ3n) is 3.62. The molecule has 1 heteroatoms. The first kappa shape index (κ1) is 21.2. The van der Waals surface area contributed by atoms with Crippen LogP contribution in [0.25, 0.3) is 11.1 Å². The van der Waals surface area contributed by atoms with E-state index in [0.29, 0.717) is 5.76 Å². The molecule has 0 unspecified atom stereocenters. The first-order chi connectivity index (χ1) is 12.6. The molecule has 2 rings (SSSR count). The average Bonchev–Trinajstić information content (AvgIpc) is 2.68. The van der Waals surface area contributed by atoms with Gasteiger partial charge >= 0.3 is 0 Å². The molecule has 26 heavy (non-hydrogen) atoms. The van der Waals surface area contributed by atoms with Crippen molar-refractivity contribution in [3.63, 3.8) is 0 Å². The number of rotatable bonds is 6. The lowest BCUT2D eigenvalue weighted by molar-refractivity contribution is 0.441. The molecule has 1 nitrogen and oxygen atoms in total.